The largest absolute Gasteiger partial charge is 0.454 e. The summed E-state index contributed by atoms with van der Waals surface area (Å²) in [6.07, 6.45) is 1.41. The minimum atomic E-state index is -0.759. The van der Waals surface area contributed by atoms with Gasteiger partial charge in [-0.05, 0) is 48.4 Å². The fourth-order valence-corrected chi connectivity index (χ4v) is 3.15. The summed E-state index contributed by atoms with van der Waals surface area (Å²) in [5.74, 6) is -0.124. The number of ether oxygens (including phenoxy) is 2. The highest BCUT2D eigenvalue weighted by Gasteiger charge is 2.21. The number of amides is 3. The number of nitrogens with one attached hydrogen (secondary N) is 2. The van der Waals surface area contributed by atoms with E-state index < -0.39 is 11.8 Å². The summed E-state index contributed by atoms with van der Waals surface area (Å²) in [7, 11) is 0. The molecule has 2 heterocycles. The highest BCUT2D eigenvalue weighted by molar-refractivity contribution is 6.39. The SMILES string of the molecule is O=C(NCc1ccc2c(c1)OCO2)C(=O)Nc1ccc(N2CCCC2=O)cc1. The Morgan fingerprint density at radius 3 is 2.54 bits per heavy atom. The van der Waals surface area contributed by atoms with Crippen molar-refractivity contribution in [3.05, 3.63) is 48.0 Å². The monoisotopic (exact) mass is 381 g/mol. The summed E-state index contributed by atoms with van der Waals surface area (Å²) in [4.78, 5) is 37.6. The fraction of sp³-hybridized carbons (Fsp3) is 0.250. The van der Waals surface area contributed by atoms with Crippen LogP contribution in [0.25, 0.3) is 0 Å². The topological polar surface area (TPSA) is 97.0 Å². The Bertz CT molecular complexity index is 926. The molecule has 0 bridgehead atoms. The maximum absolute atomic E-state index is 12.1. The van der Waals surface area contributed by atoms with Crippen molar-refractivity contribution in [2.24, 2.45) is 0 Å². The first kappa shape index (κ1) is 17.8. The van der Waals surface area contributed by atoms with Gasteiger partial charge in [0.25, 0.3) is 0 Å². The molecule has 4 rings (SSSR count). The third-order valence-corrected chi connectivity index (χ3v) is 4.61. The molecule has 0 saturated carbocycles. The predicted octanol–water partition coefficient (Wildman–Crippen LogP) is 1.80. The number of rotatable bonds is 4. The molecule has 28 heavy (non-hydrogen) atoms. The molecule has 8 heteroatoms. The van der Waals surface area contributed by atoms with Gasteiger partial charge in [-0.25, -0.2) is 0 Å². The first-order valence-electron chi connectivity index (χ1n) is 8.98. The Hall–Kier alpha value is -3.55. The van der Waals surface area contributed by atoms with Gasteiger partial charge in [0.15, 0.2) is 11.5 Å². The molecule has 144 valence electrons. The maximum atomic E-state index is 12.1. The molecular formula is C20H19N3O5. The molecule has 0 aliphatic carbocycles. The van der Waals surface area contributed by atoms with Gasteiger partial charge >= 0.3 is 11.8 Å². The van der Waals surface area contributed by atoms with Gasteiger partial charge in [-0.1, -0.05) is 6.07 Å². The second kappa shape index (κ2) is 7.59. The molecule has 2 aliphatic rings. The van der Waals surface area contributed by atoms with E-state index in [0.29, 0.717) is 30.2 Å². The lowest BCUT2D eigenvalue weighted by atomic mass is 10.2. The van der Waals surface area contributed by atoms with Crippen molar-refractivity contribution in [2.45, 2.75) is 19.4 Å². The number of carbonyl (C=O) groups is 3. The fourth-order valence-electron chi connectivity index (χ4n) is 3.15. The van der Waals surface area contributed by atoms with Crippen molar-refractivity contribution in [1.82, 2.24) is 5.32 Å². The van der Waals surface area contributed by atoms with Crippen molar-refractivity contribution in [1.29, 1.82) is 0 Å². The Morgan fingerprint density at radius 1 is 1.00 bits per heavy atom. The molecule has 8 nitrogen and oxygen atoms in total. The highest BCUT2D eigenvalue weighted by atomic mass is 16.7. The second-order valence-corrected chi connectivity index (χ2v) is 6.52. The van der Waals surface area contributed by atoms with Crippen LogP contribution in [0, 0.1) is 0 Å². The summed E-state index contributed by atoms with van der Waals surface area (Å²) in [5.41, 5.74) is 2.07. The minimum Gasteiger partial charge on any atom is -0.454 e. The van der Waals surface area contributed by atoms with E-state index >= 15 is 0 Å². The number of benzene rings is 2. The van der Waals surface area contributed by atoms with Crippen molar-refractivity contribution >= 4 is 29.1 Å². The van der Waals surface area contributed by atoms with E-state index in [1.54, 1.807) is 47.4 Å². The summed E-state index contributed by atoms with van der Waals surface area (Å²) < 4.78 is 10.5. The van der Waals surface area contributed by atoms with Gasteiger partial charge in [0, 0.05) is 30.9 Å². The molecule has 2 aromatic rings. The van der Waals surface area contributed by atoms with Crippen LogP contribution in [0.1, 0.15) is 18.4 Å². The normalized spacial score (nSPS) is 14.9. The van der Waals surface area contributed by atoms with Crippen LogP contribution in [0.4, 0.5) is 11.4 Å². The standard InChI is InChI=1S/C20H19N3O5/c24-18-2-1-9-23(18)15-6-4-14(5-7-15)22-20(26)19(25)21-11-13-3-8-16-17(10-13)28-12-27-16/h3-8,10H,1-2,9,11-12H2,(H,21,25)(H,22,26). The molecule has 3 amide bonds. The molecule has 0 unspecified atom stereocenters. The van der Waals surface area contributed by atoms with E-state index in [4.69, 9.17) is 9.47 Å². The van der Waals surface area contributed by atoms with Gasteiger partial charge in [0.05, 0.1) is 0 Å². The summed E-state index contributed by atoms with van der Waals surface area (Å²) >= 11 is 0. The van der Waals surface area contributed by atoms with Gasteiger partial charge in [0.1, 0.15) is 0 Å². The Morgan fingerprint density at radius 2 is 1.79 bits per heavy atom. The second-order valence-electron chi connectivity index (χ2n) is 6.52. The van der Waals surface area contributed by atoms with Crippen molar-refractivity contribution in [3.63, 3.8) is 0 Å². The lowest BCUT2D eigenvalue weighted by molar-refractivity contribution is -0.136. The number of hydrogen-bond donors (Lipinski definition) is 2. The van der Waals surface area contributed by atoms with Crippen molar-refractivity contribution < 1.29 is 23.9 Å². The average molecular weight is 381 g/mol. The van der Waals surface area contributed by atoms with E-state index in [1.807, 2.05) is 0 Å². The highest BCUT2D eigenvalue weighted by Crippen LogP contribution is 2.32. The van der Waals surface area contributed by atoms with Crippen LogP contribution in [0.3, 0.4) is 0 Å². The predicted molar refractivity (Wildman–Crippen MR) is 101 cm³/mol. The molecule has 1 saturated heterocycles. The zero-order valence-corrected chi connectivity index (χ0v) is 15.1. The van der Waals surface area contributed by atoms with Crippen molar-refractivity contribution in [2.75, 3.05) is 23.6 Å². The molecule has 0 aromatic heterocycles. The van der Waals surface area contributed by atoms with Crippen LogP contribution in [-0.2, 0) is 20.9 Å². The summed E-state index contributed by atoms with van der Waals surface area (Å²) in [6.45, 7) is 1.07. The molecule has 0 radical (unpaired) electrons. The van der Waals surface area contributed by atoms with E-state index in [9.17, 15) is 14.4 Å². The number of carbonyl (C=O) groups excluding carboxylic acids is 3. The van der Waals surface area contributed by atoms with Gasteiger partial charge in [-0.2, -0.15) is 0 Å². The van der Waals surface area contributed by atoms with Crippen LogP contribution < -0.4 is 25.0 Å². The van der Waals surface area contributed by atoms with E-state index in [0.717, 1.165) is 17.7 Å². The maximum Gasteiger partial charge on any atom is 0.313 e. The number of anilines is 2. The van der Waals surface area contributed by atoms with Crippen LogP contribution >= 0.6 is 0 Å². The summed E-state index contributed by atoms with van der Waals surface area (Å²) in [6, 6.07) is 12.2. The molecule has 2 aromatic carbocycles. The van der Waals surface area contributed by atoms with Crippen LogP contribution in [0.5, 0.6) is 11.5 Å². The first-order valence-corrected chi connectivity index (χ1v) is 8.98. The molecule has 2 N–H and O–H groups in total. The Balaban J connectivity index is 1.30. The Kier molecular flexibility index (Phi) is 4.84. The lowest BCUT2D eigenvalue weighted by Gasteiger charge is -2.16. The Labute approximate surface area is 161 Å². The molecule has 2 aliphatic heterocycles. The quantitative estimate of drug-likeness (QED) is 0.787. The minimum absolute atomic E-state index is 0.0969. The summed E-state index contributed by atoms with van der Waals surface area (Å²) in [5, 5.41) is 5.12. The van der Waals surface area contributed by atoms with Crippen LogP contribution in [0.15, 0.2) is 42.5 Å². The van der Waals surface area contributed by atoms with E-state index in [1.165, 1.54) is 0 Å². The van der Waals surface area contributed by atoms with Gasteiger partial charge in [-0.15, -0.1) is 0 Å². The first-order chi connectivity index (χ1) is 13.6. The molecular weight excluding hydrogens is 362 g/mol. The zero-order chi connectivity index (χ0) is 19.5. The average Bonchev–Trinajstić information content (AvgIpc) is 3.35. The van der Waals surface area contributed by atoms with Crippen LogP contribution in [0.2, 0.25) is 0 Å². The number of nitrogens with zero attached hydrogens (tertiary/aromatic N) is 1. The lowest BCUT2D eigenvalue weighted by Crippen LogP contribution is -2.34. The van der Waals surface area contributed by atoms with E-state index in [2.05, 4.69) is 10.6 Å². The third kappa shape index (κ3) is 3.75. The molecule has 0 atom stereocenters. The third-order valence-electron chi connectivity index (χ3n) is 4.61. The number of hydrogen-bond acceptors (Lipinski definition) is 5. The zero-order valence-electron chi connectivity index (χ0n) is 15.1. The van der Waals surface area contributed by atoms with Gasteiger partial charge in [0.2, 0.25) is 12.7 Å². The van der Waals surface area contributed by atoms with Gasteiger partial charge in [-0.3, -0.25) is 14.4 Å². The van der Waals surface area contributed by atoms with E-state index in [-0.39, 0.29) is 19.2 Å². The molecule has 0 spiro atoms. The van der Waals surface area contributed by atoms with Crippen molar-refractivity contribution in [3.8, 4) is 11.5 Å². The van der Waals surface area contributed by atoms with Gasteiger partial charge < -0.3 is 25.0 Å². The smallest absolute Gasteiger partial charge is 0.313 e. The number of fused-ring (bicyclic) bond motifs is 1. The molecule has 1 fully saturated rings. The van der Waals surface area contributed by atoms with Crippen LogP contribution in [-0.4, -0.2) is 31.1 Å².